The Morgan fingerprint density at radius 3 is 2.00 bits per heavy atom. The van der Waals surface area contributed by atoms with Crippen molar-refractivity contribution >= 4 is 6.20 Å². The minimum Gasteiger partial charge on any atom is -0.220 e. The van der Waals surface area contributed by atoms with Gasteiger partial charge in [0.1, 0.15) is 0 Å². The molecule has 0 aliphatic heterocycles. The first kappa shape index (κ1) is 13.3. The number of benzene rings is 2. The number of allylic oxidation sites excluding steroid dienone is 1. The van der Waals surface area contributed by atoms with E-state index in [4.69, 9.17) is 4.98 Å². The molecule has 3 aromatic rings. The molecule has 0 radical (unpaired) electrons. The lowest BCUT2D eigenvalue weighted by Gasteiger charge is -2.00. The molecule has 0 fully saturated rings. The molecule has 0 saturated carbocycles. The van der Waals surface area contributed by atoms with Crippen LogP contribution >= 0.6 is 0 Å². The third kappa shape index (κ3) is 2.92. The van der Waals surface area contributed by atoms with E-state index in [1.807, 2.05) is 71.5 Å². The van der Waals surface area contributed by atoms with E-state index in [1.165, 1.54) is 5.57 Å². The first-order valence-electron chi connectivity index (χ1n) is 6.96. The molecular formula is C18H17N3. The van der Waals surface area contributed by atoms with Crippen LogP contribution in [0.15, 0.2) is 66.2 Å². The highest BCUT2D eigenvalue weighted by Gasteiger charge is 2.11. The summed E-state index contributed by atoms with van der Waals surface area (Å²) in [6.07, 6.45) is 2.00. The number of aromatic nitrogens is 3. The molecule has 1 aromatic heterocycles. The van der Waals surface area contributed by atoms with Crippen LogP contribution < -0.4 is 0 Å². The zero-order valence-corrected chi connectivity index (χ0v) is 12.2. The highest BCUT2D eigenvalue weighted by atomic mass is 15.3. The summed E-state index contributed by atoms with van der Waals surface area (Å²) in [5.41, 5.74) is 3.26. The molecule has 3 rings (SSSR count). The van der Waals surface area contributed by atoms with Gasteiger partial charge in [-0.25, -0.2) is 9.67 Å². The highest BCUT2D eigenvalue weighted by molar-refractivity contribution is 5.63. The van der Waals surface area contributed by atoms with Gasteiger partial charge in [-0.15, -0.1) is 5.10 Å². The van der Waals surface area contributed by atoms with Gasteiger partial charge in [0.2, 0.25) is 0 Å². The summed E-state index contributed by atoms with van der Waals surface area (Å²) in [6, 6.07) is 20.2. The monoisotopic (exact) mass is 275 g/mol. The summed E-state index contributed by atoms with van der Waals surface area (Å²) in [7, 11) is 0. The first-order chi connectivity index (χ1) is 10.2. The molecule has 0 unspecified atom stereocenters. The van der Waals surface area contributed by atoms with Crippen LogP contribution in [0.4, 0.5) is 0 Å². The van der Waals surface area contributed by atoms with Gasteiger partial charge in [0.25, 0.3) is 0 Å². The smallest absolute Gasteiger partial charge is 0.182 e. The van der Waals surface area contributed by atoms with Crippen molar-refractivity contribution in [3.8, 4) is 22.8 Å². The van der Waals surface area contributed by atoms with Crippen molar-refractivity contribution < 1.29 is 0 Å². The minimum absolute atomic E-state index is 0.743. The predicted molar refractivity (Wildman–Crippen MR) is 86.5 cm³/mol. The third-order valence-corrected chi connectivity index (χ3v) is 3.08. The molecule has 0 N–H and O–H groups in total. The van der Waals surface area contributed by atoms with Crippen molar-refractivity contribution in [2.24, 2.45) is 0 Å². The molecule has 0 atom stereocenters. The molecule has 3 nitrogen and oxygen atoms in total. The van der Waals surface area contributed by atoms with E-state index in [0.29, 0.717) is 0 Å². The van der Waals surface area contributed by atoms with Gasteiger partial charge in [0, 0.05) is 17.3 Å². The first-order valence-corrected chi connectivity index (χ1v) is 6.96. The molecule has 1 heterocycles. The maximum atomic E-state index is 4.71. The number of hydrogen-bond donors (Lipinski definition) is 0. The Morgan fingerprint density at radius 2 is 1.43 bits per heavy atom. The lowest BCUT2D eigenvalue weighted by Crippen LogP contribution is -1.94. The largest absolute Gasteiger partial charge is 0.220 e. The van der Waals surface area contributed by atoms with E-state index in [-0.39, 0.29) is 0 Å². The molecule has 0 saturated heterocycles. The average molecular weight is 275 g/mol. The molecule has 0 aliphatic carbocycles. The second kappa shape index (κ2) is 5.75. The molecule has 3 heteroatoms. The van der Waals surface area contributed by atoms with Crippen molar-refractivity contribution in [2.75, 3.05) is 0 Å². The highest BCUT2D eigenvalue weighted by Crippen LogP contribution is 2.22. The molecular weight excluding hydrogens is 258 g/mol. The Bertz CT molecular complexity index is 752. The van der Waals surface area contributed by atoms with Crippen LogP contribution in [0.3, 0.4) is 0 Å². The van der Waals surface area contributed by atoms with Gasteiger partial charge in [-0.05, 0) is 13.8 Å². The Balaban J connectivity index is 2.14. The predicted octanol–water partition coefficient (Wildman–Crippen LogP) is 4.49. The SMILES string of the molecule is CC(C)=Cn1nc(-c2ccccc2)nc1-c1ccccc1. The van der Waals surface area contributed by atoms with E-state index in [0.717, 1.165) is 22.8 Å². The second-order valence-corrected chi connectivity index (χ2v) is 5.14. The van der Waals surface area contributed by atoms with Gasteiger partial charge in [0.05, 0.1) is 0 Å². The summed E-state index contributed by atoms with van der Waals surface area (Å²) in [5, 5.41) is 4.63. The van der Waals surface area contributed by atoms with Gasteiger partial charge in [0.15, 0.2) is 11.6 Å². The van der Waals surface area contributed by atoms with Gasteiger partial charge in [-0.2, -0.15) is 0 Å². The van der Waals surface area contributed by atoms with Crippen molar-refractivity contribution in [3.05, 3.63) is 66.2 Å². The summed E-state index contributed by atoms with van der Waals surface area (Å²) in [4.78, 5) is 4.71. The summed E-state index contributed by atoms with van der Waals surface area (Å²) >= 11 is 0. The fourth-order valence-electron chi connectivity index (χ4n) is 2.15. The topological polar surface area (TPSA) is 30.7 Å². The molecule has 0 spiro atoms. The number of rotatable bonds is 3. The Morgan fingerprint density at radius 1 is 0.857 bits per heavy atom. The Kier molecular flexibility index (Phi) is 3.65. The lowest BCUT2D eigenvalue weighted by atomic mass is 10.2. The van der Waals surface area contributed by atoms with Crippen LogP contribution in [0.1, 0.15) is 13.8 Å². The van der Waals surface area contributed by atoms with Crippen LogP contribution in [0.5, 0.6) is 0 Å². The van der Waals surface area contributed by atoms with Crippen LogP contribution in [0.2, 0.25) is 0 Å². The van der Waals surface area contributed by atoms with Gasteiger partial charge >= 0.3 is 0 Å². The molecule has 0 aliphatic rings. The van der Waals surface area contributed by atoms with Gasteiger partial charge in [-0.1, -0.05) is 66.2 Å². The van der Waals surface area contributed by atoms with Crippen molar-refractivity contribution in [1.82, 2.24) is 14.8 Å². The Labute approximate surface area is 124 Å². The van der Waals surface area contributed by atoms with Gasteiger partial charge in [-0.3, -0.25) is 0 Å². The summed E-state index contributed by atoms with van der Waals surface area (Å²) < 4.78 is 1.85. The fraction of sp³-hybridized carbons (Fsp3) is 0.111. The van der Waals surface area contributed by atoms with Crippen LogP contribution in [-0.2, 0) is 0 Å². The van der Waals surface area contributed by atoms with Crippen LogP contribution in [0, 0.1) is 0 Å². The van der Waals surface area contributed by atoms with Crippen molar-refractivity contribution in [3.63, 3.8) is 0 Å². The normalized spacial score (nSPS) is 10.4. The fourth-order valence-corrected chi connectivity index (χ4v) is 2.15. The number of nitrogens with zero attached hydrogens (tertiary/aromatic N) is 3. The summed E-state index contributed by atoms with van der Waals surface area (Å²) in [5.74, 6) is 1.60. The van der Waals surface area contributed by atoms with Crippen LogP contribution in [-0.4, -0.2) is 14.8 Å². The second-order valence-electron chi connectivity index (χ2n) is 5.14. The van der Waals surface area contributed by atoms with Crippen LogP contribution in [0.25, 0.3) is 29.0 Å². The average Bonchev–Trinajstić information content (AvgIpc) is 2.92. The van der Waals surface area contributed by atoms with Gasteiger partial charge < -0.3 is 0 Å². The quantitative estimate of drug-likeness (QED) is 0.705. The molecule has 2 aromatic carbocycles. The van der Waals surface area contributed by atoms with E-state index in [9.17, 15) is 0 Å². The molecule has 0 amide bonds. The van der Waals surface area contributed by atoms with E-state index in [1.54, 1.807) is 0 Å². The molecule has 0 bridgehead atoms. The van der Waals surface area contributed by atoms with E-state index in [2.05, 4.69) is 18.9 Å². The molecule has 21 heavy (non-hydrogen) atoms. The lowest BCUT2D eigenvalue weighted by molar-refractivity contribution is 0.937. The Hall–Kier alpha value is -2.68. The number of hydrogen-bond acceptors (Lipinski definition) is 2. The maximum absolute atomic E-state index is 4.71. The van der Waals surface area contributed by atoms with E-state index < -0.39 is 0 Å². The standard InChI is InChI=1S/C18H17N3/c1-14(2)13-21-18(16-11-7-4-8-12-16)19-17(20-21)15-9-5-3-6-10-15/h3-13H,1-2H3. The maximum Gasteiger partial charge on any atom is 0.182 e. The summed E-state index contributed by atoms with van der Waals surface area (Å²) in [6.45, 7) is 4.11. The van der Waals surface area contributed by atoms with Crippen molar-refractivity contribution in [1.29, 1.82) is 0 Å². The zero-order chi connectivity index (χ0) is 14.7. The molecule has 104 valence electrons. The third-order valence-electron chi connectivity index (χ3n) is 3.08. The van der Waals surface area contributed by atoms with Crippen molar-refractivity contribution in [2.45, 2.75) is 13.8 Å². The zero-order valence-electron chi connectivity index (χ0n) is 12.2. The minimum atomic E-state index is 0.743. The van der Waals surface area contributed by atoms with E-state index >= 15 is 0 Å².